The van der Waals surface area contributed by atoms with E-state index < -0.39 is 10.0 Å². The van der Waals surface area contributed by atoms with Gasteiger partial charge in [0.15, 0.2) is 0 Å². The molecule has 1 aromatic rings. The Hall–Kier alpha value is -0.620. The van der Waals surface area contributed by atoms with Crippen LogP contribution >= 0.6 is 12.4 Å². The second kappa shape index (κ2) is 8.73. The van der Waals surface area contributed by atoms with E-state index in [1.54, 1.807) is 19.2 Å². The smallest absolute Gasteiger partial charge is 0.242 e. The van der Waals surface area contributed by atoms with E-state index >= 15 is 0 Å². The van der Waals surface area contributed by atoms with Crippen LogP contribution in [0.25, 0.3) is 0 Å². The van der Waals surface area contributed by atoms with E-state index in [0.29, 0.717) is 23.8 Å². The van der Waals surface area contributed by atoms with Crippen LogP contribution in [-0.2, 0) is 16.4 Å². The van der Waals surface area contributed by atoms with Crippen molar-refractivity contribution in [2.24, 2.45) is 11.7 Å². The molecular weight excluding hydrogens is 308 g/mol. The third-order valence-electron chi connectivity index (χ3n) is 3.67. The van der Waals surface area contributed by atoms with Crippen LogP contribution in [0.5, 0.6) is 0 Å². The minimum absolute atomic E-state index is 0. The van der Waals surface area contributed by atoms with Crippen LogP contribution in [0, 0.1) is 5.92 Å². The summed E-state index contributed by atoms with van der Waals surface area (Å²) < 4.78 is 26.2. The number of nitrogens with two attached hydrogens (primary N) is 1. The van der Waals surface area contributed by atoms with Gasteiger partial charge in [0.05, 0.1) is 4.90 Å². The lowest BCUT2D eigenvalue weighted by atomic mass is 10.0. The summed E-state index contributed by atoms with van der Waals surface area (Å²) in [7, 11) is -1.80. The van der Waals surface area contributed by atoms with Gasteiger partial charge in [0.2, 0.25) is 10.0 Å². The lowest BCUT2D eigenvalue weighted by Crippen LogP contribution is -2.34. The first-order chi connectivity index (χ1) is 9.28. The van der Waals surface area contributed by atoms with Crippen molar-refractivity contribution in [3.8, 4) is 0 Å². The molecule has 0 bridgehead atoms. The molecule has 1 unspecified atom stereocenters. The molecular formula is C15H27ClN2O2S. The van der Waals surface area contributed by atoms with Gasteiger partial charge in [-0.15, -0.1) is 12.4 Å². The molecule has 0 fully saturated rings. The van der Waals surface area contributed by atoms with Gasteiger partial charge in [0, 0.05) is 19.6 Å². The fraction of sp³-hybridized carbons (Fsp3) is 0.600. The predicted octanol–water partition coefficient (Wildman–Crippen LogP) is 2.66. The molecule has 1 aromatic carbocycles. The zero-order valence-electron chi connectivity index (χ0n) is 13.2. The molecule has 1 atom stereocenters. The van der Waals surface area contributed by atoms with E-state index in [2.05, 4.69) is 0 Å². The third-order valence-corrected chi connectivity index (χ3v) is 5.54. The first-order valence-electron chi connectivity index (χ1n) is 7.10. The first kappa shape index (κ1) is 20.4. The molecule has 6 heteroatoms. The Balaban J connectivity index is 0.00000400. The summed E-state index contributed by atoms with van der Waals surface area (Å²) in [4.78, 5) is 0.343. The fourth-order valence-corrected chi connectivity index (χ4v) is 3.05. The van der Waals surface area contributed by atoms with Crippen molar-refractivity contribution >= 4 is 22.4 Å². The van der Waals surface area contributed by atoms with Gasteiger partial charge in [-0.1, -0.05) is 32.9 Å². The number of halogens is 1. The molecule has 1 rings (SSSR count). The van der Waals surface area contributed by atoms with Gasteiger partial charge in [-0.25, -0.2) is 12.7 Å². The van der Waals surface area contributed by atoms with Crippen molar-refractivity contribution in [1.29, 1.82) is 0 Å². The number of hydrogen-bond acceptors (Lipinski definition) is 3. The van der Waals surface area contributed by atoms with Crippen molar-refractivity contribution in [3.05, 3.63) is 29.8 Å². The lowest BCUT2D eigenvalue weighted by molar-refractivity contribution is 0.397. The molecule has 0 aliphatic heterocycles. The molecule has 0 aromatic heterocycles. The normalized spacial score (nSPS) is 13.3. The summed E-state index contributed by atoms with van der Waals surface area (Å²) in [6, 6.07) is 7.09. The number of hydrogen-bond donors (Lipinski definition) is 1. The van der Waals surface area contributed by atoms with Crippen LogP contribution in [0.1, 0.15) is 32.8 Å². The quantitative estimate of drug-likeness (QED) is 0.833. The molecule has 0 saturated carbocycles. The highest BCUT2D eigenvalue weighted by molar-refractivity contribution is 7.89. The largest absolute Gasteiger partial charge is 0.327 e. The molecule has 0 saturated heterocycles. The number of nitrogens with zero attached hydrogens (tertiary/aromatic N) is 1. The summed E-state index contributed by atoms with van der Waals surface area (Å²) in [5.74, 6) is 0.356. The van der Waals surface area contributed by atoms with Gasteiger partial charge in [0.1, 0.15) is 0 Å². The average Bonchev–Trinajstić information content (AvgIpc) is 2.44. The van der Waals surface area contributed by atoms with Gasteiger partial charge in [0.25, 0.3) is 0 Å². The van der Waals surface area contributed by atoms with Crippen molar-refractivity contribution < 1.29 is 8.42 Å². The maximum absolute atomic E-state index is 12.4. The van der Waals surface area contributed by atoms with E-state index in [-0.39, 0.29) is 18.4 Å². The molecule has 122 valence electrons. The standard InChI is InChI=1S/C15H26N2O2S.ClH/c1-5-13-6-8-14(9-7-13)20(18,19)17(4)11-10-15(16)12(2)3;/h6-9,12,15H,5,10-11,16H2,1-4H3;1H. The number of rotatable bonds is 7. The summed E-state index contributed by atoms with van der Waals surface area (Å²) in [6.07, 6.45) is 1.57. The van der Waals surface area contributed by atoms with E-state index in [9.17, 15) is 8.42 Å². The minimum atomic E-state index is -3.41. The van der Waals surface area contributed by atoms with Crippen LogP contribution in [0.3, 0.4) is 0 Å². The summed E-state index contributed by atoms with van der Waals surface area (Å²) in [5, 5.41) is 0. The molecule has 4 nitrogen and oxygen atoms in total. The molecule has 2 N–H and O–H groups in total. The summed E-state index contributed by atoms with van der Waals surface area (Å²) in [5.41, 5.74) is 7.10. The fourth-order valence-electron chi connectivity index (χ4n) is 1.86. The molecule has 0 spiro atoms. The topological polar surface area (TPSA) is 63.4 Å². The minimum Gasteiger partial charge on any atom is -0.327 e. The van der Waals surface area contributed by atoms with Crippen LogP contribution < -0.4 is 5.73 Å². The zero-order chi connectivity index (χ0) is 15.3. The Bertz CT molecular complexity index is 515. The highest BCUT2D eigenvalue weighted by Crippen LogP contribution is 2.16. The first-order valence-corrected chi connectivity index (χ1v) is 8.54. The molecule has 21 heavy (non-hydrogen) atoms. The summed E-state index contributed by atoms with van der Waals surface area (Å²) >= 11 is 0. The number of sulfonamides is 1. The zero-order valence-corrected chi connectivity index (χ0v) is 14.9. The second-order valence-corrected chi connectivity index (χ2v) is 7.57. The van der Waals surface area contributed by atoms with Gasteiger partial charge in [-0.2, -0.15) is 0 Å². The Morgan fingerprint density at radius 1 is 1.19 bits per heavy atom. The van der Waals surface area contributed by atoms with Crippen molar-refractivity contribution in [2.75, 3.05) is 13.6 Å². The van der Waals surface area contributed by atoms with Gasteiger partial charge in [-0.3, -0.25) is 0 Å². The third kappa shape index (κ3) is 5.58. The monoisotopic (exact) mass is 334 g/mol. The Morgan fingerprint density at radius 2 is 1.71 bits per heavy atom. The predicted molar refractivity (Wildman–Crippen MR) is 90.3 cm³/mol. The van der Waals surface area contributed by atoms with Crippen LogP contribution in [-0.4, -0.2) is 32.4 Å². The van der Waals surface area contributed by atoms with E-state index in [1.807, 2.05) is 32.9 Å². The van der Waals surface area contributed by atoms with Crippen LogP contribution in [0.4, 0.5) is 0 Å². The van der Waals surface area contributed by atoms with Crippen LogP contribution in [0.2, 0.25) is 0 Å². The van der Waals surface area contributed by atoms with Crippen LogP contribution in [0.15, 0.2) is 29.2 Å². The van der Waals surface area contributed by atoms with Gasteiger partial charge >= 0.3 is 0 Å². The van der Waals surface area contributed by atoms with Gasteiger partial charge < -0.3 is 5.73 Å². The maximum Gasteiger partial charge on any atom is 0.242 e. The molecule has 0 aliphatic carbocycles. The number of aryl methyl sites for hydroxylation is 1. The van der Waals surface area contributed by atoms with E-state index in [1.165, 1.54) is 4.31 Å². The summed E-state index contributed by atoms with van der Waals surface area (Å²) in [6.45, 7) is 6.57. The van der Waals surface area contributed by atoms with Crippen molar-refractivity contribution in [2.45, 2.75) is 44.6 Å². The number of benzene rings is 1. The van der Waals surface area contributed by atoms with Crippen molar-refractivity contribution in [3.63, 3.8) is 0 Å². The van der Waals surface area contributed by atoms with Gasteiger partial charge in [-0.05, 0) is 36.5 Å². The maximum atomic E-state index is 12.4. The molecule has 0 amide bonds. The molecule has 0 aliphatic rings. The lowest BCUT2D eigenvalue weighted by Gasteiger charge is -2.21. The molecule has 0 radical (unpaired) electrons. The SMILES string of the molecule is CCc1ccc(S(=O)(=O)N(C)CCC(N)C(C)C)cc1.Cl. The van der Waals surface area contributed by atoms with E-state index in [4.69, 9.17) is 5.73 Å². The molecule has 0 heterocycles. The average molecular weight is 335 g/mol. The highest BCUT2D eigenvalue weighted by Gasteiger charge is 2.21. The Labute approximate surface area is 135 Å². The Morgan fingerprint density at radius 3 is 2.14 bits per heavy atom. The second-order valence-electron chi connectivity index (χ2n) is 5.52. The Kier molecular flexibility index (Phi) is 8.48. The van der Waals surface area contributed by atoms with E-state index in [0.717, 1.165) is 12.0 Å². The highest BCUT2D eigenvalue weighted by atomic mass is 35.5. The van der Waals surface area contributed by atoms with Crippen molar-refractivity contribution in [1.82, 2.24) is 4.31 Å².